The molecule has 1 aliphatic rings. The summed E-state index contributed by atoms with van der Waals surface area (Å²) < 4.78 is 4.40. The molecular weight excluding hydrogens is 304 g/mol. The molecule has 2 aromatic rings. The Labute approximate surface area is 142 Å². The summed E-state index contributed by atoms with van der Waals surface area (Å²) in [5.41, 5.74) is 8.86. The van der Waals surface area contributed by atoms with Gasteiger partial charge in [0.25, 0.3) is 5.91 Å². The minimum atomic E-state index is -0.339. The standard InChI is InChI=1S/C15H14N2O.C4H8O2/c16-14-12-8-4-5-9-13(12)15(18)17(14)10-11-6-2-1-3-7-11;1-3-6-4(2)5/h1-9,14H,10,16H2;3H2,1-2H3. The topological polar surface area (TPSA) is 72.6 Å². The molecule has 0 saturated carbocycles. The number of esters is 1. The van der Waals surface area contributed by atoms with Crippen molar-refractivity contribution >= 4 is 11.9 Å². The van der Waals surface area contributed by atoms with Gasteiger partial charge in [-0.15, -0.1) is 0 Å². The molecule has 0 saturated heterocycles. The molecule has 2 aromatic carbocycles. The number of fused-ring (bicyclic) bond motifs is 1. The maximum absolute atomic E-state index is 12.3. The quantitative estimate of drug-likeness (QED) is 0.880. The van der Waals surface area contributed by atoms with Crippen LogP contribution < -0.4 is 5.73 Å². The van der Waals surface area contributed by atoms with Crippen molar-refractivity contribution < 1.29 is 14.3 Å². The van der Waals surface area contributed by atoms with Gasteiger partial charge in [0.1, 0.15) is 6.17 Å². The average Bonchev–Trinajstić information content (AvgIpc) is 2.82. The number of carbonyl (C=O) groups excluding carboxylic acids is 2. The zero-order chi connectivity index (χ0) is 17.5. The van der Waals surface area contributed by atoms with Crippen molar-refractivity contribution in [1.82, 2.24) is 4.90 Å². The van der Waals surface area contributed by atoms with Crippen molar-refractivity contribution in [2.24, 2.45) is 5.73 Å². The summed E-state index contributed by atoms with van der Waals surface area (Å²) >= 11 is 0. The van der Waals surface area contributed by atoms with E-state index in [0.29, 0.717) is 13.2 Å². The molecule has 0 bridgehead atoms. The number of ether oxygens (including phenoxy) is 1. The first-order valence-electron chi connectivity index (χ1n) is 7.87. The number of carbonyl (C=O) groups is 2. The second-order valence-electron chi connectivity index (χ2n) is 5.38. The molecule has 1 unspecified atom stereocenters. The van der Waals surface area contributed by atoms with Gasteiger partial charge in [0, 0.05) is 24.6 Å². The molecule has 126 valence electrons. The first kappa shape index (κ1) is 17.7. The van der Waals surface area contributed by atoms with Crippen LogP contribution in [0.4, 0.5) is 0 Å². The number of rotatable bonds is 3. The predicted molar refractivity (Wildman–Crippen MR) is 92.0 cm³/mol. The maximum Gasteiger partial charge on any atom is 0.302 e. The van der Waals surface area contributed by atoms with Crippen LogP contribution in [0.2, 0.25) is 0 Å². The average molecular weight is 326 g/mol. The van der Waals surface area contributed by atoms with E-state index in [2.05, 4.69) is 4.74 Å². The van der Waals surface area contributed by atoms with Crippen molar-refractivity contribution in [1.29, 1.82) is 0 Å². The van der Waals surface area contributed by atoms with Crippen LogP contribution in [-0.4, -0.2) is 23.4 Å². The van der Waals surface area contributed by atoms with E-state index in [-0.39, 0.29) is 18.0 Å². The van der Waals surface area contributed by atoms with E-state index in [4.69, 9.17) is 5.73 Å². The minimum Gasteiger partial charge on any atom is -0.466 e. The summed E-state index contributed by atoms with van der Waals surface area (Å²) in [7, 11) is 0. The number of benzene rings is 2. The zero-order valence-electron chi connectivity index (χ0n) is 13.9. The first-order valence-corrected chi connectivity index (χ1v) is 7.87. The van der Waals surface area contributed by atoms with Gasteiger partial charge < -0.3 is 15.4 Å². The smallest absolute Gasteiger partial charge is 0.302 e. The van der Waals surface area contributed by atoms with Crippen LogP contribution in [0.15, 0.2) is 54.6 Å². The predicted octanol–water partition coefficient (Wildman–Crippen LogP) is 2.87. The molecule has 5 nitrogen and oxygen atoms in total. The van der Waals surface area contributed by atoms with Crippen LogP contribution in [0.1, 0.15) is 41.5 Å². The number of amides is 1. The third kappa shape index (κ3) is 4.20. The minimum absolute atomic E-state index is 0.0157. The number of nitrogens with two attached hydrogens (primary N) is 1. The Morgan fingerprint density at radius 1 is 1.12 bits per heavy atom. The van der Waals surface area contributed by atoms with Gasteiger partial charge in [-0.05, 0) is 18.6 Å². The van der Waals surface area contributed by atoms with Crippen molar-refractivity contribution in [2.45, 2.75) is 26.6 Å². The van der Waals surface area contributed by atoms with Gasteiger partial charge in [0.2, 0.25) is 0 Å². The summed E-state index contributed by atoms with van der Waals surface area (Å²) in [6.45, 7) is 4.20. The monoisotopic (exact) mass is 326 g/mol. The summed E-state index contributed by atoms with van der Waals surface area (Å²) in [5.74, 6) is -0.195. The van der Waals surface area contributed by atoms with E-state index < -0.39 is 0 Å². The van der Waals surface area contributed by atoms with Gasteiger partial charge >= 0.3 is 5.97 Å². The van der Waals surface area contributed by atoms with Crippen molar-refractivity contribution in [3.05, 3.63) is 71.3 Å². The second kappa shape index (κ2) is 8.26. The molecular formula is C19H22N2O3. The fourth-order valence-electron chi connectivity index (χ4n) is 2.55. The third-order valence-electron chi connectivity index (χ3n) is 3.65. The lowest BCUT2D eigenvalue weighted by molar-refractivity contribution is -0.140. The van der Waals surface area contributed by atoms with Gasteiger partial charge in [-0.3, -0.25) is 9.59 Å². The highest BCUT2D eigenvalue weighted by molar-refractivity contribution is 5.99. The van der Waals surface area contributed by atoms with E-state index in [0.717, 1.165) is 16.7 Å². The molecule has 1 aliphatic heterocycles. The van der Waals surface area contributed by atoms with Crippen LogP contribution in [0.25, 0.3) is 0 Å². The van der Waals surface area contributed by atoms with Gasteiger partial charge in [-0.1, -0.05) is 48.5 Å². The molecule has 1 amide bonds. The van der Waals surface area contributed by atoms with Gasteiger partial charge in [0.15, 0.2) is 0 Å². The first-order chi connectivity index (χ1) is 11.5. The molecule has 2 N–H and O–H groups in total. The van der Waals surface area contributed by atoms with E-state index in [1.807, 2.05) is 54.6 Å². The SMILES string of the molecule is CCOC(C)=O.NC1c2ccccc2C(=O)N1Cc1ccccc1. The Hall–Kier alpha value is -2.66. The Bertz CT molecular complexity index is 701. The van der Waals surface area contributed by atoms with Crippen molar-refractivity contribution in [3.63, 3.8) is 0 Å². The second-order valence-corrected chi connectivity index (χ2v) is 5.38. The Morgan fingerprint density at radius 3 is 2.29 bits per heavy atom. The van der Waals surface area contributed by atoms with Gasteiger partial charge in [0.05, 0.1) is 6.61 Å². The molecule has 0 aliphatic carbocycles. The lowest BCUT2D eigenvalue weighted by atomic mass is 10.1. The third-order valence-corrected chi connectivity index (χ3v) is 3.65. The Kier molecular flexibility index (Phi) is 6.09. The van der Waals surface area contributed by atoms with E-state index in [9.17, 15) is 9.59 Å². The highest BCUT2D eigenvalue weighted by Crippen LogP contribution is 2.30. The Balaban J connectivity index is 0.000000301. The molecule has 0 aromatic heterocycles. The van der Waals surface area contributed by atoms with E-state index >= 15 is 0 Å². The van der Waals surface area contributed by atoms with Crippen LogP contribution in [0.5, 0.6) is 0 Å². The lowest BCUT2D eigenvalue weighted by Gasteiger charge is -2.21. The van der Waals surface area contributed by atoms with Crippen LogP contribution in [-0.2, 0) is 16.1 Å². The lowest BCUT2D eigenvalue weighted by Crippen LogP contribution is -2.32. The molecule has 0 fully saturated rings. The summed E-state index contributed by atoms with van der Waals surface area (Å²) in [6.07, 6.45) is -0.339. The van der Waals surface area contributed by atoms with Crippen LogP contribution >= 0.6 is 0 Å². The molecule has 24 heavy (non-hydrogen) atoms. The van der Waals surface area contributed by atoms with Gasteiger partial charge in [-0.2, -0.15) is 0 Å². The molecule has 3 rings (SSSR count). The van der Waals surface area contributed by atoms with Crippen LogP contribution in [0.3, 0.4) is 0 Å². The molecule has 0 radical (unpaired) electrons. The number of nitrogens with zero attached hydrogens (tertiary/aromatic N) is 1. The maximum atomic E-state index is 12.3. The van der Waals surface area contributed by atoms with E-state index in [1.165, 1.54) is 6.92 Å². The fourth-order valence-corrected chi connectivity index (χ4v) is 2.55. The normalized spacial score (nSPS) is 15.4. The van der Waals surface area contributed by atoms with Crippen molar-refractivity contribution in [2.75, 3.05) is 6.61 Å². The fraction of sp³-hybridized carbons (Fsp3) is 0.263. The molecule has 5 heteroatoms. The van der Waals surface area contributed by atoms with E-state index in [1.54, 1.807) is 11.8 Å². The number of hydrogen-bond donors (Lipinski definition) is 1. The zero-order valence-corrected chi connectivity index (χ0v) is 13.9. The Morgan fingerprint density at radius 2 is 1.75 bits per heavy atom. The van der Waals surface area contributed by atoms with Crippen molar-refractivity contribution in [3.8, 4) is 0 Å². The summed E-state index contributed by atoms with van der Waals surface area (Å²) in [4.78, 5) is 23.8. The molecule has 0 spiro atoms. The highest BCUT2D eigenvalue weighted by Gasteiger charge is 2.33. The van der Waals surface area contributed by atoms with Crippen LogP contribution in [0, 0.1) is 0 Å². The van der Waals surface area contributed by atoms with Gasteiger partial charge in [-0.25, -0.2) is 0 Å². The largest absolute Gasteiger partial charge is 0.466 e. The summed E-state index contributed by atoms with van der Waals surface area (Å²) in [6, 6.07) is 17.4. The number of hydrogen-bond acceptors (Lipinski definition) is 4. The molecule has 1 atom stereocenters. The highest BCUT2D eigenvalue weighted by atomic mass is 16.5. The molecule has 1 heterocycles. The summed E-state index contributed by atoms with van der Waals surface area (Å²) in [5, 5.41) is 0.